The van der Waals surface area contributed by atoms with Gasteiger partial charge in [0, 0.05) is 0 Å². The van der Waals surface area contributed by atoms with Gasteiger partial charge >= 0.3 is 0 Å². The zero-order valence-electron chi connectivity index (χ0n) is 12.9. The highest BCUT2D eigenvalue weighted by molar-refractivity contribution is 5.37. The van der Waals surface area contributed by atoms with Gasteiger partial charge in [-0.25, -0.2) is 0 Å². The number of nitrogens with two attached hydrogens (primary N) is 1. The molecular formula is C19H27N. The summed E-state index contributed by atoms with van der Waals surface area (Å²) in [4.78, 5) is 0. The minimum atomic E-state index is 0.460. The first-order chi connectivity index (χ1) is 9.54. The van der Waals surface area contributed by atoms with Crippen LogP contribution in [0, 0.1) is 31.1 Å². The highest BCUT2D eigenvalue weighted by Gasteiger charge is 2.57. The first kappa shape index (κ1) is 12.9. The Labute approximate surface area is 122 Å². The molecule has 1 heteroatoms. The Morgan fingerprint density at radius 1 is 1.05 bits per heavy atom. The second-order valence-corrected chi connectivity index (χ2v) is 8.24. The molecule has 0 heterocycles. The van der Waals surface area contributed by atoms with E-state index in [-0.39, 0.29) is 0 Å². The maximum atomic E-state index is 6.22. The summed E-state index contributed by atoms with van der Waals surface area (Å²) in [6.45, 7) is 5.39. The summed E-state index contributed by atoms with van der Waals surface area (Å²) in [6.07, 6.45) is 8.50. The molecule has 4 bridgehead atoms. The highest BCUT2D eigenvalue weighted by atomic mass is 14.7. The lowest BCUT2D eigenvalue weighted by Crippen LogP contribution is -2.56. The summed E-state index contributed by atoms with van der Waals surface area (Å²) in [5.41, 5.74) is 11.7. The molecule has 0 amide bonds. The molecule has 5 rings (SSSR count). The van der Waals surface area contributed by atoms with Crippen LogP contribution in [0.25, 0.3) is 0 Å². The van der Waals surface area contributed by atoms with Gasteiger partial charge in [-0.15, -0.1) is 0 Å². The molecule has 1 aromatic carbocycles. The Kier molecular flexibility index (Phi) is 2.64. The maximum absolute atomic E-state index is 6.22. The average Bonchev–Trinajstić information content (AvgIpc) is 2.40. The fraction of sp³-hybridized carbons (Fsp3) is 0.684. The SMILES string of the molecule is Cc1ccc([C@]23C[C@@H]4C[C@@H](C[C@@](CN)(C4)C2)C3)cc1C. The molecule has 4 saturated carbocycles. The predicted octanol–water partition coefficient (Wildman–Crippen LogP) is 4.10. The van der Waals surface area contributed by atoms with Gasteiger partial charge in [0.25, 0.3) is 0 Å². The van der Waals surface area contributed by atoms with Gasteiger partial charge < -0.3 is 5.73 Å². The van der Waals surface area contributed by atoms with Crippen LogP contribution in [-0.2, 0) is 5.41 Å². The van der Waals surface area contributed by atoms with Crippen LogP contribution in [0.1, 0.15) is 55.2 Å². The van der Waals surface area contributed by atoms with Crippen LogP contribution in [0.2, 0.25) is 0 Å². The molecule has 0 saturated heterocycles. The third-order valence-corrected chi connectivity index (χ3v) is 6.73. The molecule has 4 fully saturated rings. The largest absolute Gasteiger partial charge is 0.330 e. The summed E-state index contributed by atoms with van der Waals surface area (Å²) in [5, 5.41) is 0. The molecule has 4 aliphatic rings. The summed E-state index contributed by atoms with van der Waals surface area (Å²) in [6, 6.07) is 7.23. The van der Waals surface area contributed by atoms with Crippen molar-refractivity contribution in [2.75, 3.05) is 6.54 Å². The normalized spacial score (nSPS) is 42.1. The molecular weight excluding hydrogens is 242 g/mol. The molecule has 4 aliphatic carbocycles. The number of rotatable bonds is 2. The van der Waals surface area contributed by atoms with Crippen LogP contribution < -0.4 is 5.73 Å². The second-order valence-electron chi connectivity index (χ2n) is 8.24. The molecule has 2 N–H and O–H groups in total. The van der Waals surface area contributed by atoms with Crippen molar-refractivity contribution in [2.45, 2.75) is 57.8 Å². The van der Waals surface area contributed by atoms with Gasteiger partial charge in [0.2, 0.25) is 0 Å². The molecule has 0 aliphatic heterocycles. The predicted molar refractivity (Wildman–Crippen MR) is 83.8 cm³/mol. The third-order valence-electron chi connectivity index (χ3n) is 6.73. The summed E-state index contributed by atoms with van der Waals surface area (Å²) < 4.78 is 0. The van der Waals surface area contributed by atoms with Crippen LogP contribution in [0.5, 0.6) is 0 Å². The monoisotopic (exact) mass is 269 g/mol. The van der Waals surface area contributed by atoms with E-state index in [1.54, 1.807) is 5.56 Å². The summed E-state index contributed by atoms with van der Waals surface area (Å²) >= 11 is 0. The number of hydrogen-bond donors (Lipinski definition) is 1. The van der Waals surface area contributed by atoms with E-state index < -0.39 is 0 Å². The van der Waals surface area contributed by atoms with Crippen molar-refractivity contribution in [3.8, 4) is 0 Å². The minimum Gasteiger partial charge on any atom is -0.330 e. The second kappa shape index (κ2) is 4.10. The van der Waals surface area contributed by atoms with Gasteiger partial charge in [-0.2, -0.15) is 0 Å². The lowest BCUT2D eigenvalue weighted by molar-refractivity contribution is -0.0667. The quantitative estimate of drug-likeness (QED) is 0.859. The fourth-order valence-corrected chi connectivity index (χ4v) is 6.10. The van der Waals surface area contributed by atoms with Crippen molar-refractivity contribution < 1.29 is 0 Å². The van der Waals surface area contributed by atoms with E-state index in [1.165, 1.54) is 49.7 Å². The third kappa shape index (κ3) is 1.72. The van der Waals surface area contributed by atoms with Gasteiger partial charge in [-0.3, -0.25) is 0 Å². The van der Waals surface area contributed by atoms with Crippen LogP contribution in [0.3, 0.4) is 0 Å². The molecule has 0 radical (unpaired) electrons. The van der Waals surface area contributed by atoms with Crippen LogP contribution >= 0.6 is 0 Å². The molecule has 0 aromatic heterocycles. The summed E-state index contributed by atoms with van der Waals surface area (Å²) in [5.74, 6) is 1.89. The minimum absolute atomic E-state index is 0.460. The van der Waals surface area contributed by atoms with Crippen molar-refractivity contribution in [1.82, 2.24) is 0 Å². The van der Waals surface area contributed by atoms with Crippen molar-refractivity contribution in [1.29, 1.82) is 0 Å². The van der Waals surface area contributed by atoms with E-state index >= 15 is 0 Å². The molecule has 0 unspecified atom stereocenters. The van der Waals surface area contributed by atoms with Gasteiger partial charge in [-0.1, -0.05) is 18.2 Å². The van der Waals surface area contributed by atoms with Gasteiger partial charge in [0.1, 0.15) is 0 Å². The van der Waals surface area contributed by atoms with Gasteiger partial charge in [-0.05, 0) is 98.3 Å². The Morgan fingerprint density at radius 3 is 2.35 bits per heavy atom. The Balaban J connectivity index is 1.78. The number of hydrogen-bond acceptors (Lipinski definition) is 1. The van der Waals surface area contributed by atoms with Gasteiger partial charge in [0.15, 0.2) is 0 Å². The van der Waals surface area contributed by atoms with E-state index in [4.69, 9.17) is 5.73 Å². The van der Waals surface area contributed by atoms with Crippen molar-refractivity contribution in [3.05, 3.63) is 34.9 Å². The van der Waals surface area contributed by atoms with E-state index in [0.717, 1.165) is 18.4 Å². The standard InChI is InChI=1S/C19H27N/c1-13-3-4-17(5-14(13)2)19-9-15-6-16(10-19)8-18(7-15,11-19)12-20/h3-5,15-16H,6-12,20H2,1-2H3/t15-,16+,18+,19+. The molecule has 20 heavy (non-hydrogen) atoms. The Morgan fingerprint density at radius 2 is 1.75 bits per heavy atom. The van der Waals surface area contributed by atoms with E-state index in [0.29, 0.717) is 10.8 Å². The lowest BCUT2D eigenvalue weighted by atomic mass is 9.43. The van der Waals surface area contributed by atoms with Crippen molar-refractivity contribution >= 4 is 0 Å². The topological polar surface area (TPSA) is 26.0 Å². The molecule has 0 spiro atoms. The van der Waals surface area contributed by atoms with Crippen molar-refractivity contribution in [3.63, 3.8) is 0 Å². The smallest absolute Gasteiger partial charge is 0.00200 e. The number of aryl methyl sites for hydroxylation is 2. The molecule has 1 aromatic rings. The maximum Gasteiger partial charge on any atom is -0.00200 e. The van der Waals surface area contributed by atoms with E-state index in [2.05, 4.69) is 32.0 Å². The Hall–Kier alpha value is -0.820. The average molecular weight is 269 g/mol. The van der Waals surface area contributed by atoms with E-state index in [9.17, 15) is 0 Å². The molecule has 108 valence electrons. The zero-order valence-corrected chi connectivity index (χ0v) is 12.9. The van der Waals surface area contributed by atoms with Crippen molar-refractivity contribution in [2.24, 2.45) is 23.0 Å². The first-order valence-electron chi connectivity index (χ1n) is 8.32. The zero-order chi connectivity index (χ0) is 14.0. The van der Waals surface area contributed by atoms with E-state index in [1.807, 2.05) is 0 Å². The molecule has 4 atom stereocenters. The van der Waals surface area contributed by atoms with Crippen LogP contribution in [0.15, 0.2) is 18.2 Å². The fourth-order valence-electron chi connectivity index (χ4n) is 6.10. The highest BCUT2D eigenvalue weighted by Crippen LogP contribution is 2.65. The first-order valence-corrected chi connectivity index (χ1v) is 8.32. The molecule has 1 nitrogen and oxygen atoms in total. The number of benzene rings is 1. The Bertz CT molecular complexity index is 531. The van der Waals surface area contributed by atoms with Crippen LogP contribution in [-0.4, -0.2) is 6.54 Å². The van der Waals surface area contributed by atoms with Gasteiger partial charge in [0.05, 0.1) is 0 Å². The van der Waals surface area contributed by atoms with Crippen LogP contribution in [0.4, 0.5) is 0 Å². The lowest BCUT2D eigenvalue weighted by Gasteiger charge is -2.62. The summed E-state index contributed by atoms with van der Waals surface area (Å²) in [7, 11) is 0.